The molecule has 1 aromatic rings. The Morgan fingerprint density at radius 2 is 2.28 bits per heavy atom. The molecule has 1 heterocycles. The van der Waals surface area contributed by atoms with Gasteiger partial charge in [-0.1, -0.05) is 6.07 Å². The van der Waals surface area contributed by atoms with Gasteiger partial charge in [-0.15, -0.1) is 0 Å². The molecule has 0 aliphatic carbocycles. The van der Waals surface area contributed by atoms with E-state index in [2.05, 4.69) is 5.32 Å². The molecule has 1 aliphatic rings. The fourth-order valence-corrected chi connectivity index (χ4v) is 2.08. The third-order valence-corrected chi connectivity index (χ3v) is 3.76. The number of phenolic OH excluding ortho intramolecular Hbond substituents is 1. The average Bonchev–Trinajstić information content (AvgIpc) is 2.63. The lowest BCUT2D eigenvalue weighted by Crippen LogP contribution is -2.50. The van der Waals surface area contributed by atoms with Crippen LogP contribution in [0.1, 0.15) is 36.2 Å². The highest BCUT2D eigenvalue weighted by molar-refractivity contribution is 5.95. The van der Waals surface area contributed by atoms with Crippen molar-refractivity contribution in [3.63, 3.8) is 0 Å². The van der Waals surface area contributed by atoms with Gasteiger partial charge in [0.2, 0.25) is 0 Å². The number of nitrogens with one attached hydrogen (secondary N) is 1. The van der Waals surface area contributed by atoms with Crippen molar-refractivity contribution in [2.75, 3.05) is 6.61 Å². The summed E-state index contributed by atoms with van der Waals surface area (Å²) >= 11 is 0. The first-order valence-electron chi connectivity index (χ1n) is 6.16. The number of amides is 1. The Morgan fingerprint density at radius 3 is 2.83 bits per heavy atom. The van der Waals surface area contributed by atoms with Crippen LogP contribution in [0, 0.1) is 6.92 Å². The summed E-state index contributed by atoms with van der Waals surface area (Å²) < 4.78 is 5.48. The lowest BCUT2D eigenvalue weighted by molar-refractivity contribution is 0.0727. The van der Waals surface area contributed by atoms with Crippen LogP contribution in [0.3, 0.4) is 0 Å². The molecule has 1 amide bonds. The van der Waals surface area contributed by atoms with Crippen LogP contribution in [-0.2, 0) is 4.74 Å². The topological polar surface area (TPSA) is 58.6 Å². The van der Waals surface area contributed by atoms with Crippen LogP contribution in [-0.4, -0.2) is 29.3 Å². The normalized spacial score (nSPS) is 27.2. The van der Waals surface area contributed by atoms with Crippen molar-refractivity contribution < 1.29 is 14.6 Å². The zero-order valence-corrected chi connectivity index (χ0v) is 11.0. The van der Waals surface area contributed by atoms with Gasteiger partial charge < -0.3 is 15.2 Å². The molecular weight excluding hydrogens is 230 g/mol. The third kappa shape index (κ3) is 2.34. The summed E-state index contributed by atoms with van der Waals surface area (Å²) in [7, 11) is 0. The highest BCUT2D eigenvalue weighted by atomic mass is 16.5. The number of benzene rings is 1. The van der Waals surface area contributed by atoms with Crippen LogP contribution in [0.2, 0.25) is 0 Å². The molecule has 0 spiro atoms. The fourth-order valence-electron chi connectivity index (χ4n) is 2.08. The minimum atomic E-state index is -0.336. The molecule has 98 valence electrons. The number of phenols is 1. The van der Waals surface area contributed by atoms with Gasteiger partial charge in [-0.25, -0.2) is 0 Å². The number of rotatable bonds is 2. The molecule has 0 bridgehead atoms. The van der Waals surface area contributed by atoms with Gasteiger partial charge in [0.1, 0.15) is 5.75 Å². The standard InChI is InChI=1S/C14H19NO3/c1-9-4-5-11(8-12(9)16)13(17)15-14(3)6-7-18-10(14)2/h4-5,8,10,16H,6-7H2,1-3H3,(H,15,17). The maximum absolute atomic E-state index is 12.1. The van der Waals surface area contributed by atoms with Crippen molar-refractivity contribution in [3.05, 3.63) is 29.3 Å². The summed E-state index contributed by atoms with van der Waals surface area (Å²) in [6.45, 7) is 6.40. The molecule has 2 N–H and O–H groups in total. The first kappa shape index (κ1) is 12.9. The van der Waals surface area contributed by atoms with E-state index in [0.29, 0.717) is 12.2 Å². The van der Waals surface area contributed by atoms with E-state index in [1.807, 2.05) is 13.8 Å². The summed E-state index contributed by atoms with van der Waals surface area (Å²) in [5, 5.41) is 12.6. The highest BCUT2D eigenvalue weighted by Gasteiger charge is 2.38. The molecule has 1 aliphatic heterocycles. The zero-order chi connectivity index (χ0) is 13.3. The first-order valence-corrected chi connectivity index (χ1v) is 6.16. The van der Waals surface area contributed by atoms with Gasteiger partial charge in [-0.05, 0) is 44.9 Å². The van der Waals surface area contributed by atoms with Crippen LogP contribution in [0.15, 0.2) is 18.2 Å². The van der Waals surface area contributed by atoms with Gasteiger partial charge in [0.05, 0.1) is 11.6 Å². The Hall–Kier alpha value is -1.55. The fraction of sp³-hybridized carbons (Fsp3) is 0.500. The second-order valence-electron chi connectivity index (χ2n) is 5.14. The van der Waals surface area contributed by atoms with Crippen molar-refractivity contribution in [3.8, 4) is 5.75 Å². The van der Waals surface area contributed by atoms with E-state index in [4.69, 9.17) is 4.74 Å². The second kappa shape index (κ2) is 4.61. The van der Waals surface area contributed by atoms with Crippen LogP contribution in [0.25, 0.3) is 0 Å². The van der Waals surface area contributed by atoms with Gasteiger partial charge >= 0.3 is 0 Å². The number of aromatic hydroxyl groups is 1. The van der Waals surface area contributed by atoms with Gasteiger partial charge in [0, 0.05) is 12.2 Å². The molecule has 2 unspecified atom stereocenters. The first-order chi connectivity index (χ1) is 8.42. The summed E-state index contributed by atoms with van der Waals surface area (Å²) in [5.41, 5.74) is 0.895. The quantitative estimate of drug-likeness (QED) is 0.842. The Morgan fingerprint density at radius 1 is 1.56 bits per heavy atom. The molecule has 0 aromatic heterocycles. The molecule has 0 saturated carbocycles. The smallest absolute Gasteiger partial charge is 0.251 e. The SMILES string of the molecule is Cc1ccc(C(=O)NC2(C)CCOC2C)cc1O. The van der Waals surface area contributed by atoms with Gasteiger partial charge in [0.25, 0.3) is 5.91 Å². The number of ether oxygens (including phenoxy) is 1. The number of hydrogen-bond donors (Lipinski definition) is 2. The van der Waals surface area contributed by atoms with E-state index in [1.54, 1.807) is 19.1 Å². The van der Waals surface area contributed by atoms with Crippen molar-refractivity contribution in [2.24, 2.45) is 0 Å². The molecule has 2 atom stereocenters. The Kier molecular flexibility index (Phi) is 3.30. The van der Waals surface area contributed by atoms with Crippen LogP contribution >= 0.6 is 0 Å². The van der Waals surface area contributed by atoms with Gasteiger partial charge in [-0.2, -0.15) is 0 Å². The maximum Gasteiger partial charge on any atom is 0.251 e. The number of hydrogen-bond acceptors (Lipinski definition) is 3. The van der Waals surface area contributed by atoms with Crippen molar-refractivity contribution >= 4 is 5.91 Å². The zero-order valence-electron chi connectivity index (χ0n) is 11.0. The largest absolute Gasteiger partial charge is 0.508 e. The molecule has 4 nitrogen and oxygen atoms in total. The molecule has 1 saturated heterocycles. The number of carbonyl (C=O) groups is 1. The molecule has 2 rings (SSSR count). The Labute approximate surface area is 107 Å². The Balaban J connectivity index is 2.14. The van der Waals surface area contributed by atoms with Gasteiger partial charge in [-0.3, -0.25) is 4.79 Å². The molecule has 1 aromatic carbocycles. The van der Waals surface area contributed by atoms with E-state index in [0.717, 1.165) is 12.0 Å². The number of carbonyl (C=O) groups excluding carboxylic acids is 1. The van der Waals surface area contributed by atoms with Crippen molar-refractivity contribution in [2.45, 2.75) is 38.8 Å². The van der Waals surface area contributed by atoms with Crippen molar-refractivity contribution in [1.29, 1.82) is 0 Å². The minimum absolute atomic E-state index is 0.000459. The predicted molar refractivity (Wildman–Crippen MR) is 68.7 cm³/mol. The van der Waals surface area contributed by atoms with E-state index in [9.17, 15) is 9.90 Å². The average molecular weight is 249 g/mol. The molecule has 4 heteroatoms. The molecule has 0 radical (unpaired) electrons. The minimum Gasteiger partial charge on any atom is -0.508 e. The van der Waals surface area contributed by atoms with E-state index < -0.39 is 0 Å². The monoisotopic (exact) mass is 249 g/mol. The van der Waals surface area contributed by atoms with E-state index >= 15 is 0 Å². The van der Waals surface area contributed by atoms with Gasteiger partial charge in [0.15, 0.2) is 0 Å². The summed E-state index contributed by atoms with van der Waals surface area (Å²) in [5.74, 6) is -0.0336. The summed E-state index contributed by atoms with van der Waals surface area (Å²) in [6, 6.07) is 4.95. The van der Waals surface area contributed by atoms with Crippen LogP contribution in [0.5, 0.6) is 5.75 Å². The molecular formula is C14H19NO3. The highest BCUT2D eigenvalue weighted by Crippen LogP contribution is 2.26. The van der Waals surface area contributed by atoms with E-state index in [-0.39, 0.29) is 23.3 Å². The van der Waals surface area contributed by atoms with Crippen molar-refractivity contribution in [1.82, 2.24) is 5.32 Å². The van der Waals surface area contributed by atoms with E-state index in [1.165, 1.54) is 6.07 Å². The summed E-state index contributed by atoms with van der Waals surface area (Å²) in [4.78, 5) is 12.1. The van der Waals surface area contributed by atoms with Crippen LogP contribution in [0.4, 0.5) is 0 Å². The van der Waals surface area contributed by atoms with Crippen LogP contribution < -0.4 is 5.32 Å². The number of aryl methyl sites for hydroxylation is 1. The lowest BCUT2D eigenvalue weighted by Gasteiger charge is -2.28. The Bertz CT molecular complexity index is 472. The maximum atomic E-state index is 12.1. The second-order valence-corrected chi connectivity index (χ2v) is 5.14. The lowest BCUT2D eigenvalue weighted by atomic mass is 9.94. The third-order valence-electron chi connectivity index (χ3n) is 3.76. The molecule has 1 fully saturated rings. The summed E-state index contributed by atoms with van der Waals surface area (Å²) in [6.07, 6.45) is 0.804. The molecule has 18 heavy (non-hydrogen) atoms. The predicted octanol–water partition coefficient (Wildman–Crippen LogP) is 2.00.